The largest absolute Gasteiger partial charge is 0.417 e. The Morgan fingerprint density at radius 2 is 1.80 bits per heavy atom. The van der Waals surface area contributed by atoms with Crippen LogP contribution < -0.4 is 15.6 Å². The number of nitrogens with one attached hydrogen (secondary N) is 2. The highest BCUT2D eigenvalue weighted by Crippen LogP contribution is 2.36. The lowest BCUT2D eigenvalue weighted by molar-refractivity contribution is -0.137. The maximum Gasteiger partial charge on any atom is 0.417 e. The van der Waals surface area contributed by atoms with Crippen molar-refractivity contribution in [2.45, 2.75) is 44.8 Å². The average molecular weight is 732 g/mol. The van der Waals surface area contributed by atoms with Gasteiger partial charge in [0.15, 0.2) is 0 Å². The molecule has 1 aliphatic rings. The molecular weight excluding hydrogens is 698 g/mol. The van der Waals surface area contributed by atoms with Crippen LogP contribution in [0.3, 0.4) is 0 Å². The molecule has 0 aliphatic carbocycles. The van der Waals surface area contributed by atoms with Gasteiger partial charge in [0.25, 0.3) is 11.8 Å². The number of hydrazone groups is 1. The first-order valence-electron chi connectivity index (χ1n) is 15.7. The summed E-state index contributed by atoms with van der Waals surface area (Å²) in [6.45, 7) is 1.88. The summed E-state index contributed by atoms with van der Waals surface area (Å²) in [4.78, 5) is 47.1. The van der Waals surface area contributed by atoms with Crippen molar-refractivity contribution in [2.75, 3.05) is 29.5 Å². The molecule has 1 fully saturated rings. The lowest BCUT2D eigenvalue weighted by atomic mass is 10.1. The molecule has 1 aliphatic heterocycles. The standard InChI is InChI=1S/C33H34ClF3N7O5P/c34-29-11-9-22(17-28(29)33(35,36)37)19-38-41-32(46)27-18-26(43-13-2-1-3-14-43)10-12-30(27)39-31(45)24-7-4-6-23(16-24)20-44-21-25(40-42-44)8-5-15-50(47,48)49/h4,6-7,9-12,16-19,21H,1-3,5,8,13-15,20H2,(H,39,45)(H,41,46)(H2,47,48,49). The number of anilines is 2. The number of aryl methyl sites for hydroxylation is 1. The molecule has 0 spiro atoms. The van der Waals surface area contributed by atoms with Crippen LogP contribution in [0.5, 0.6) is 0 Å². The van der Waals surface area contributed by atoms with Crippen molar-refractivity contribution in [3.8, 4) is 0 Å². The molecule has 4 N–H and O–H groups in total. The van der Waals surface area contributed by atoms with E-state index in [9.17, 15) is 27.3 Å². The van der Waals surface area contributed by atoms with Gasteiger partial charge >= 0.3 is 13.8 Å². The first-order chi connectivity index (χ1) is 23.7. The zero-order valence-electron chi connectivity index (χ0n) is 26.6. The fourth-order valence-corrected chi connectivity index (χ4v) is 6.23. The Labute approximate surface area is 290 Å². The van der Waals surface area contributed by atoms with Crippen LogP contribution in [-0.4, -0.2) is 62.1 Å². The van der Waals surface area contributed by atoms with E-state index in [4.69, 9.17) is 21.4 Å². The van der Waals surface area contributed by atoms with Crippen molar-refractivity contribution >= 4 is 48.6 Å². The Bertz CT molecular complexity index is 1930. The summed E-state index contributed by atoms with van der Waals surface area (Å²) >= 11 is 5.70. The Balaban J connectivity index is 1.31. The summed E-state index contributed by atoms with van der Waals surface area (Å²) in [5, 5.41) is 14.3. The van der Waals surface area contributed by atoms with Gasteiger partial charge in [-0.15, -0.1) is 5.10 Å². The number of carbonyl (C=O) groups excluding carboxylic acids is 2. The number of rotatable bonds is 12. The van der Waals surface area contributed by atoms with Crippen molar-refractivity contribution in [3.05, 3.63) is 105 Å². The van der Waals surface area contributed by atoms with Crippen LogP contribution in [0.2, 0.25) is 5.02 Å². The van der Waals surface area contributed by atoms with Crippen LogP contribution in [0.15, 0.2) is 72.0 Å². The number of alkyl halides is 3. The summed E-state index contributed by atoms with van der Waals surface area (Å²) in [6.07, 6.45) is 1.54. The normalized spacial score (nSPS) is 13.8. The first-order valence-corrected chi connectivity index (χ1v) is 17.9. The molecule has 12 nitrogen and oxygen atoms in total. The molecule has 0 radical (unpaired) electrons. The summed E-state index contributed by atoms with van der Waals surface area (Å²) < 4.78 is 52.5. The molecule has 0 unspecified atom stereocenters. The molecular formula is C33H34ClF3N7O5P. The maximum atomic E-state index is 13.4. The van der Waals surface area contributed by atoms with Gasteiger partial charge in [-0.05, 0) is 85.7 Å². The van der Waals surface area contributed by atoms with E-state index in [0.29, 0.717) is 17.7 Å². The number of benzene rings is 3. The second-order valence-electron chi connectivity index (χ2n) is 11.8. The predicted octanol–water partition coefficient (Wildman–Crippen LogP) is 6.12. The van der Waals surface area contributed by atoms with Crippen molar-refractivity contribution in [1.29, 1.82) is 0 Å². The van der Waals surface area contributed by atoms with Crippen LogP contribution in [0, 0.1) is 0 Å². The molecule has 1 saturated heterocycles. The van der Waals surface area contributed by atoms with Crippen molar-refractivity contribution in [1.82, 2.24) is 20.4 Å². The molecule has 17 heteroatoms. The Morgan fingerprint density at radius 3 is 2.54 bits per heavy atom. The summed E-state index contributed by atoms with van der Waals surface area (Å²) in [5.74, 6) is -1.18. The van der Waals surface area contributed by atoms with E-state index >= 15 is 0 Å². The van der Waals surface area contributed by atoms with Crippen LogP contribution in [0.1, 0.15) is 68.8 Å². The average Bonchev–Trinajstić information content (AvgIpc) is 3.51. The monoisotopic (exact) mass is 731 g/mol. The van der Waals surface area contributed by atoms with E-state index in [1.807, 2.05) is 6.07 Å². The third-order valence-corrected chi connectivity index (χ3v) is 9.12. The summed E-state index contributed by atoms with van der Waals surface area (Å²) in [7, 11) is -4.09. The van der Waals surface area contributed by atoms with Crippen molar-refractivity contribution in [3.63, 3.8) is 0 Å². The van der Waals surface area contributed by atoms with E-state index in [0.717, 1.165) is 62.0 Å². The van der Waals surface area contributed by atoms with E-state index in [1.54, 1.807) is 47.3 Å². The highest BCUT2D eigenvalue weighted by molar-refractivity contribution is 7.51. The predicted molar refractivity (Wildman–Crippen MR) is 183 cm³/mol. The number of carbonyl (C=O) groups is 2. The molecule has 5 rings (SSSR count). The van der Waals surface area contributed by atoms with Gasteiger partial charge in [0.1, 0.15) is 0 Å². The first kappa shape index (κ1) is 36.7. The summed E-state index contributed by atoms with van der Waals surface area (Å²) in [6, 6.07) is 15.1. The van der Waals surface area contributed by atoms with Gasteiger partial charge in [0, 0.05) is 30.5 Å². The number of nitrogens with zero attached hydrogens (tertiary/aromatic N) is 5. The summed E-state index contributed by atoms with van der Waals surface area (Å²) in [5.41, 5.74) is 4.10. The molecule has 2 amide bonds. The van der Waals surface area contributed by atoms with Crippen LogP contribution >= 0.6 is 19.2 Å². The number of hydrogen-bond acceptors (Lipinski definition) is 7. The SMILES string of the molecule is O=C(Nc1ccc(N2CCCCC2)cc1C(=O)NN=Cc1ccc(Cl)c(C(F)(F)F)c1)c1cccc(Cn2cc(CCCP(=O)(O)O)nn2)c1. The molecule has 2 heterocycles. The Hall–Kier alpha value is -4.56. The lowest BCUT2D eigenvalue weighted by Crippen LogP contribution is -2.30. The van der Waals surface area contributed by atoms with Crippen LogP contribution in [0.4, 0.5) is 24.5 Å². The number of halogens is 4. The molecule has 0 bridgehead atoms. The zero-order chi connectivity index (χ0) is 35.9. The quantitative estimate of drug-likeness (QED) is 0.0771. The molecule has 50 heavy (non-hydrogen) atoms. The zero-order valence-corrected chi connectivity index (χ0v) is 28.3. The highest BCUT2D eigenvalue weighted by Gasteiger charge is 2.33. The van der Waals surface area contributed by atoms with Gasteiger partial charge in [-0.2, -0.15) is 18.3 Å². The van der Waals surface area contributed by atoms with Crippen LogP contribution in [0.25, 0.3) is 0 Å². The second-order valence-corrected chi connectivity index (χ2v) is 14.0. The van der Waals surface area contributed by atoms with Gasteiger partial charge in [0.05, 0.1) is 46.5 Å². The third kappa shape index (κ3) is 10.2. The lowest BCUT2D eigenvalue weighted by Gasteiger charge is -2.29. The highest BCUT2D eigenvalue weighted by atomic mass is 35.5. The maximum absolute atomic E-state index is 13.4. The molecule has 1 aromatic heterocycles. The molecule has 0 saturated carbocycles. The number of piperidine rings is 1. The fourth-order valence-electron chi connectivity index (χ4n) is 5.43. The van der Waals surface area contributed by atoms with Crippen molar-refractivity contribution in [2.24, 2.45) is 5.10 Å². The minimum absolute atomic E-state index is 0.0690. The van der Waals surface area contributed by atoms with E-state index in [1.165, 1.54) is 6.07 Å². The van der Waals surface area contributed by atoms with Gasteiger partial charge in [-0.25, -0.2) is 10.1 Å². The number of aromatic nitrogens is 3. The van der Waals surface area contributed by atoms with Gasteiger partial charge < -0.3 is 20.0 Å². The number of hydrogen-bond donors (Lipinski definition) is 4. The number of amides is 2. The molecule has 4 aromatic rings. The van der Waals surface area contributed by atoms with Crippen molar-refractivity contribution < 1.29 is 37.1 Å². The molecule has 264 valence electrons. The molecule has 0 atom stereocenters. The Morgan fingerprint density at radius 1 is 1.02 bits per heavy atom. The Kier molecular flexibility index (Phi) is 11.7. The van der Waals surface area contributed by atoms with Gasteiger partial charge in [-0.1, -0.05) is 35.0 Å². The van der Waals surface area contributed by atoms with E-state index in [2.05, 4.69) is 31.1 Å². The third-order valence-electron chi connectivity index (χ3n) is 7.89. The topological polar surface area (TPSA) is 162 Å². The van der Waals surface area contributed by atoms with E-state index in [-0.39, 0.29) is 35.9 Å². The fraction of sp³-hybridized carbons (Fsp3) is 0.303. The smallest absolute Gasteiger partial charge is 0.372 e. The van der Waals surface area contributed by atoms with Gasteiger partial charge in [-0.3, -0.25) is 14.2 Å². The minimum Gasteiger partial charge on any atom is -0.372 e. The minimum atomic E-state index is -4.66. The van der Waals surface area contributed by atoms with E-state index < -0.39 is 36.2 Å². The molecule has 3 aromatic carbocycles. The van der Waals surface area contributed by atoms with Crippen LogP contribution in [-0.2, 0) is 23.7 Å². The van der Waals surface area contributed by atoms with Gasteiger partial charge in [0.2, 0.25) is 0 Å². The second kappa shape index (κ2) is 16.0.